The first-order valence-corrected chi connectivity index (χ1v) is 8.30. The van der Waals surface area contributed by atoms with Crippen LogP contribution in [0, 0.1) is 0 Å². The van der Waals surface area contributed by atoms with E-state index in [1.807, 2.05) is 11.3 Å². The Morgan fingerprint density at radius 3 is 2.80 bits per heavy atom. The summed E-state index contributed by atoms with van der Waals surface area (Å²) in [6, 6.07) is 13.4. The summed E-state index contributed by atoms with van der Waals surface area (Å²) in [7, 11) is 0. The largest absolute Gasteiger partial charge is 0.271 e. The van der Waals surface area contributed by atoms with Crippen molar-refractivity contribution in [2.45, 2.75) is 44.6 Å². The molecule has 0 bridgehead atoms. The summed E-state index contributed by atoms with van der Waals surface area (Å²) < 4.78 is 0. The number of aryl methyl sites for hydroxylation is 3. The van der Waals surface area contributed by atoms with Gasteiger partial charge in [0.15, 0.2) is 0 Å². The van der Waals surface area contributed by atoms with Crippen LogP contribution in [0.15, 0.2) is 36.4 Å². The summed E-state index contributed by atoms with van der Waals surface area (Å²) >= 11 is 1.96. The average molecular weight is 286 g/mol. The van der Waals surface area contributed by atoms with Crippen molar-refractivity contribution in [1.82, 2.24) is 5.43 Å². The molecule has 1 aliphatic carbocycles. The van der Waals surface area contributed by atoms with E-state index in [0.29, 0.717) is 6.04 Å². The zero-order chi connectivity index (χ0) is 13.8. The molecule has 1 atom stereocenters. The van der Waals surface area contributed by atoms with E-state index in [0.717, 1.165) is 12.8 Å². The van der Waals surface area contributed by atoms with Crippen LogP contribution < -0.4 is 11.3 Å². The Kier molecular flexibility index (Phi) is 4.51. The Bertz CT molecular complexity index is 526. The Morgan fingerprint density at radius 2 is 2.05 bits per heavy atom. The predicted molar refractivity (Wildman–Crippen MR) is 85.8 cm³/mol. The van der Waals surface area contributed by atoms with Gasteiger partial charge in [-0.25, -0.2) is 0 Å². The second-order valence-corrected chi connectivity index (χ2v) is 6.72. The van der Waals surface area contributed by atoms with Gasteiger partial charge in [-0.15, -0.1) is 11.3 Å². The minimum absolute atomic E-state index is 0.314. The van der Waals surface area contributed by atoms with Gasteiger partial charge >= 0.3 is 0 Å². The lowest BCUT2D eigenvalue weighted by Gasteiger charge is -2.14. The Hall–Kier alpha value is -1.16. The molecule has 0 saturated carbocycles. The van der Waals surface area contributed by atoms with Gasteiger partial charge in [-0.1, -0.05) is 30.3 Å². The maximum Gasteiger partial charge on any atom is 0.0553 e. The van der Waals surface area contributed by atoms with Crippen molar-refractivity contribution in [1.29, 1.82) is 0 Å². The zero-order valence-corrected chi connectivity index (χ0v) is 12.6. The number of nitrogens with one attached hydrogen (secondary N) is 1. The lowest BCUT2D eigenvalue weighted by atomic mass is 10.0. The second kappa shape index (κ2) is 6.53. The lowest BCUT2D eigenvalue weighted by Crippen LogP contribution is -2.27. The van der Waals surface area contributed by atoms with Gasteiger partial charge in [0.2, 0.25) is 0 Å². The highest BCUT2D eigenvalue weighted by Gasteiger charge is 2.19. The van der Waals surface area contributed by atoms with Crippen LogP contribution >= 0.6 is 11.3 Å². The minimum Gasteiger partial charge on any atom is -0.271 e. The Morgan fingerprint density at radius 1 is 1.20 bits per heavy atom. The fraction of sp³-hybridized carbons (Fsp3) is 0.412. The van der Waals surface area contributed by atoms with Gasteiger partial charge in [0.05, 0.1) is 6.04 Å². The normalized spacial score (nSPS) is 15.2. The molecule has 3 rings (SSSR count). The highest BCUT2D eigenvalue weighted by atomic mass is 32.1. The molecule has 0 amide bonds. The quantitative estimate of drug-likeness (QED) is 0.627. The number of nitrogens with two attached hydrogens (primary N) is 1. The molecule has 1 heterocycles. The number of fused-ring (bicyclic) bond motifs is 1. The molecule has 106 valence electrons. The molecule has 0 radical (unpaired) electrons. The van der Waals surface area contributed by atoms with Gasteiger partial charge in [0.1, 0.15) is 0 Å². The maximum atomic E-state index is 5.76. The van der Waals surface area contributed by atoms with Crippen molar-refractivity contribution in [2.24, 2.45) is 5.84 Å². The molecule has 2 aromatic rings. The predicted octanol–water partition coefficient (Wildman–Crippen LogP) is 3.76. The molecule has 1 aliphatic rings. The third-order valence-corrected chi connectivity index (χ3v) is 5.46. The molecule has 0 aliphatic heterocycles. The number of thiophene rings is 1. The molecule has 2 nitrogen and oxygen atoms in total. The van der Waals surface area contributed by atoms with E-state index in [1.165, 1.54) is 36.1 Å². The summed E-state index contributed by atoms with van der Waals surface area (Å²) in [5.74, 6) is 5.76. The van der Waals surface area contributed by atoms with Crippen molar-refractivity contribution in [3.63, 3.8) is 0 Å². The van der Waals surface area contributed by atoms with Gasteiger partial charge in [-0.2, -0.15) is 0 Å². The lowest BCUT2D eigenvalue weighted by molar-refractivity contribution is 0.505. The Balaban J connectivity index is 1.56. The van der Waals surface area contributed by atoms with Gasteiger partial charge < -0.3 is 0 Å². The van der Waals surface area contributed by atoms with E-state index in [9.17, 15) is 0 Å². The molecule has 20 heavy (non-hydrogen) atoms. The summed E-state index contributed by atoms with van der Waals surface area (Å²) in [6.07, 6.45) is 7.25. The van der Waals surface area contributed by atoms with Gasteiger partial charge in [-0.05, 0) is 55.7 Å². The fourth-order valence-corrected chi connectivity index (χ4v) is 4.34. The van der Waals surface area contributed by atoms with Crippen molar-refractivity contribution in [2.75, 3.05) is 0 Å². The fourth-order valence-electron chi connectivity index (χ4n) is 2.99. The molecule has 1 aromatic carbocycles. The first-order chi connectivity index (χ1) is 9.86. The van der Waals surface area contributed by atoms with Crippen LogP contribution in [-0.4, -0.2) is 0 Å². The van der Waals surface area contributed by atoms with E-state index in [1.54, 1.807) is 10.4 Å². The monoisotopic (exact) mass is 286 g/mol. The molecule has 3 N–H and O–H groups in total. The van der Waals surface area contributed by atoms with Crippen LogP contribution in [-0.2, 0) is 19.3 Å². The first kappa shape index (κ1) is 13.8. The summed E-state index contributed by atoms with van der Waals surface area (Å²) in [6.45, 7) is 0. The van der Waals surface area contributed by atoms with E-state index in [2.05, 4.69) is 41.8 Å². The molecule has 0 saturated heterocycles. The minimum atomic E-state index is 0.314. The Labute approximate surface area is 125 Å². The standard InChI is InChI=1S/C17H22N2S/c18-19-15(10-4-8-13-6-2-1-3-7-13)17-12-14-9-5-11-16(14)20-17/h1-3,6-7,12,15,19H,4-5,8-11,18H2. The molecule has 0 spiro atoms. The molecular formula is C17H22N2S. The van der Waals surface area contributed by atoms with Gasteiger partial charge in [-0.3, -0.25) is 11.3 Å². The third kappa shape index (κ3) is 3.11. The van der Waals surface area contributed by atoms with Crippen LogP contribution in [0.3, 0.4) is 0 Å². The van der Waals surface area contributed by atoms with Crippen LogP contribution in [0.1, 0.15) is 46.2 Å². The number of hydrazine groups is 1. The smallest absolute Gasteiger partial charge is 0.0553 e. The molecular weight excluding hydrogens is 264 g/mol. The maximum absolute atomic E-state index is 5.76. The summed E-state index contributed by atoms with van der Waals surface area (Å²) in [4.78, 5) is 3.01. The summed E-state index contributed by atoms with van der Waals surface area (Å²) in [5.41, 5.74) is 5.98. The highest BCUT2D eigenvalue weighted by molar-refractivity contribution is 7.12. The molecule has 0 fully saturated rings. The first-order valence-electron chi connectivity index (χ1n) is 7.48. The average Bonchev–Trinajstić information content (AvgIpc) is 3.06. The molecule has 1 unspecified atom stereocenters. The number of hydrogen-bond donors (Lipinski definition) is 2. The van der Waals surface area contributed by atoms with Crippen LogP contribution in [0.2, 0.25) is 0 Å². The zero-order valence-electron chi connectivity index (χ0n) is 11.8. The number of benzene rings is 1. The molecule has 3 heteroatoms. The van der Waals surface area contributed by atoms with Crippen molar-refractivity contribution in [3.8, 4) is 0 Å². The van der Waals surface area contributed by atoms with E-state index in [-0.39, 0.29) is 0 Å². The summed E-state index contributed by atoms with van der Waals surface area (Å²) in [5, 5.41) is 0. The van der Waals surface area contributed by atoms with Crippen molar-refractivity contribution < 1.29 is 0 Å². The third-order valence-electron chi connectivity index (χ3n) is 4.11. The van der Waals surface area contributed by atoms with Crippen molar-refractivity contribution >= 4 is 11.3 Å². The number of hydrogen-bond acceptors (Lipinski definition) is 3. The van der Waals surface area contributed by atoms with E-state index < -0.39 is 0 Å². The number of rotatable bonds is 6. The topological polar surface area (TPSA) is 38.0 Å². The second-order valence-electron chi connectivity index (χ2n) is 5.55. The highest BCUT2D eigenvalue weighted by Crippen LogP contribution is 2.35. The van der Waals surface area contributed by atoms with Crippen molar-refractivity contribution in [3.05, 3.63) is 57.3 Å². The van der Waals surface area contributed by atoms with Gasteiger partial charge in [0.25, 0.3) is 0 Å². The van der Waals surface area contributed by atoms with Gasteiger partial charge in [0, 0.05) is 9.75 Å². The SMILES string of the molecule is NNC(CCCc1ccccc1)c1cc2c(s1)CCC2. The van der Waals surface area contributed by atoms with E-state index >= 15 is 0 Å². The van der Waals surface area contributed by atoms with Crippen LogP contribution in [0.5, 0.6) is 0 Å². The van der Waals surface area contributed by atoms with E-state index in [4.69, 9.17) is 5.84 Å². The van der Waals surface area contributed by atoms with Crippen LogP contribution in [0.25, 0.3) is 0 Å². The molecule has 1 aromatic heterocycles. The van der Waals surface area contributed by atoms with Crippen LogP contribution in [0.4, 0.5) is 0 Å².